The van der Waals surface area contributed by atoms with Crippen LogP contribution in [0.3, 0.4) is 0 Å². The summed E-state index contributed by atoms with van der Waals surface area (Å²) in [4.78, 5) is 7.70. The van der Waals surface area contributed by atoms with Gasteiger partial charge in [0.15, 0.2) is 0 Å². The first-order valence-electron chi connectivity index (χ1n) is 11.4. The molecule has 0 bridgehead atoms. The molecule has 0 saturated heterocycles. The molecule has 0 atom stereocenters. The van der Waals surface area contributed by atoms with E-state index in [1.54, 1.807) is 60.7 Å². The highest BCUT2D eigenvalue weighted by Crippen LogP contribution is 2.20. The Hall–Kier alpha value is -4.43. The predicted molar refractivity (Wildman–Crippen MR) is 151 cm³/mol. The smallest absolute Gasteiger partial charge is 0.294 e. The molecule has 4 aromatic carbocycles. The van der Waals surface area contributed by atoms with Crippen LogP contribution < -0.4 is 10.6 Å². The molecule has 4 aromatic rings. The Balaban J connectivity index is 0.000000264. The fourth-order valence-corrected chi connectivity index (χ4v) is 4.16. The number of hydrogen-bond donors (Lipinski definition) is 6. The summed E-state index contributed by atoms with van der Waals surface area (Å²) in [6.45, 7) is 2.83. The van der Waals surface area contributed by atoms with Gasteiger partial charge in [-0.1, -0.05) is 36.4 Å². The fraction of sp³-hybridized carbons (Fsp3) is 0.0741. The van der Waals surface area contributed by atoms with Crippen LogP contribution in [0.15, 0.2) is 107 Å². The molecule has 0 aliphatic rings. The van der Waals surface area contributed by atoms with Crippen LogP contribution in [0.1, 0.15) is 11.1 Å². The van der Waals surface area contributed by atoms with Gasteiger partial charge in [-0.3, -0.25) is 9.11 Å². The minimum Gasteiger partial charge on any atom is -0.508 e. The first kappa shape index (κ1) is 31.8. The van der Waals surface area contributed by atoms with Gasteiger partial charge in [0.1, 0.15) is 18.3 Å². The maximum Gasteiger partial charge on any atom is 0.294 e. The van der Waals surface area contributed by atoms with Gasteiger partial charge >= 0.3 is 0 Å². The third-order valence-electron chi connectivity index (χ3n) is 5.25. The third-order valence-corrected chi connectivity index (χ3v) is 6.99. The normalized spacial score (nSPS) is 10.8. The summed E-state index contributed by atoms with van der Waals surface area (Å²) < 4.78 is 61.2. The number of hydrogen-bond acceptors (Lipinski definition) is 9. The van der Waals surface area contributed by atoms with Gasteiger partial charge in [-0.25, -0.2) is 0 Å². The lowest BCUT2D eigenvalue weighted by Gasteiger charge is -2.08. The van der Waals surface area contributed by atoms with Gasteiger partial charge in [-0.2, -0.15) is 16.8 Å². The highest BCUT2D eigenvalue weighted by molar-refractivity contribution is 7.86. The van der Waals surface area contributed by atoms with Crippen LogP contribution in [-0.4, -0.2) is 42.9 Å². The molecule has 0 heterocycles. The maximum absolute atomic E-state index is 10.9. The molecule has 0 spiro atoms. The van der Waals surface area contributed by atoms with E-state index in [4.69, 9.17) is 13.9 Å². The number of nitrogens with one attached hydrogen (secondary N) is 2. The average Bonchev–Trinajstić information content (AvgIpc) is 2.93. The first-order chi connectivity index (χ1) is 18.9. The van der Waals surface area contributed by atoms with Crippen molar-refractivity contribution in [2.45, 2.75) is 22.9 Å². The first-order valence-corrected chi connectivity index (χ1v) is 14.3. The average molecular weight is 589 g/mol. The van der Waals surface area contributed by atoms with E-state index in [0.29, 0.717) is 24.5 Å². The Morgan fingerprint density at radius 3 is 1.10 bits per heavy atom. The lowest BCUT2D eigenvalue weighted by atomic mass is 10.2. The lowest BCUT2D eigenvalue weighted by Crippen LogP contribution is -2.01. The molecule has 0 amide bonds. The summed E-state index contributed by atoms with van der Waals surface area (Å²) >= 11 is 0. The topological polar surface area (TPSA) is 190 Å². The number of benzene rings is 4. The van der Waals surface area contributed by atoms with Crippen LogP contribution in [0.5, 0.6) is 11.5 Å². The lowest BCUT2D eigenvalue weighted by molar-refractivity contribution is -0.0980. The molecule has 0 aromatic heterocycles. The molecule has 0 aliphatic heterocycles. The molecule has 40 heavy (non-hydrogen) atoms. The summed E-state index contributed by atoms with van der Waals surface area (Å²) in [6, 6.07) is 25.3. The van der Waals surface area contributed by atoms with Crippen molar-refractivity contribution < 1.29 is 40.9 Å². The second kappa shape index (κ2) is 14.6. The van der Waals surface area contributed by atoms with Crippen molar-refractivity contribution in [3.8, 4) is 11.5 Å². The molecule has 0 unspecified atom stereocenters. The van der Waals surface area contributed by atoms with Crippen LogP contribution in [0.25, 0.3) is 0 Å². The zero-order chi connectivity index (χ0) is 29.8. The zero-order valence-electron chi connectivity index (χ0n) is 21.0. The minimum atomic E-state index is -4.16. The van der Waals surface area contributed by atoms with Gasteiger partial charge in [-0.15, -0.1) is 0 Å². The van der Waals surface area contributed by atoms with E-state index in [1.807, 2.05) is 18.9 Å². The van der Waals surface area contributed by atoms with Crippen LogP contribution >= 0.6 is 0 Å². The zero-order valence-corrected chi connectivity index (χ0v) is 22.6. The molecule has 11 nitrogen and oxygen atoms in total. The molecular weight excluding hydrogens is 560 g/mol. The molecule has 13 heteroatoms. The molecule has 0 saturated carbocycles. The molecule has 0 aliphatic carbocycles. The van der Waals surface area contributed by atoms with Crippen molar-refractivity contribution in [2.24, 2.45) is 0 Å². The van der Waals surface area contributed by atoms with Crippen LogP contribution in [0.4, 0.5) is 11.4 Å². The van der Waals surface area contributed by atoms with Crippen LogP contribution in [-0.2, 0) is 38.1 Å². The standard InChI is InChI=1S/2C13H13NO4S.CH2O/c2*15-13-4-2-1-3-10(13)9-14-11-5-7-12(8-6-11)19(16,17)18;1-2/h2*1-8,14-15H,9H2,(H,16,17,18);1H2. The van der Waals surface area contributed by atoms with Gasteiger partial charge in [0.2, 0.25) is 0 Å². The molecule has 6 N–H and O–H groups in total. The second-order valence-corrected chi connectivity index (χ2v) is 10.8. The minimum absolute atomic E-state index is 0.152. The van der Waals surface area contributed by atoms with Crippen LogP contribution in [0.2, 0.25) is 0 Å². The summed E-state index contributed by atoms with van der Waals surface area (Å²) in [5.74, 6) is 0.397. The monoisotopic (exact) mass is 588 g/mol. The number of carbonyl (C=O) groups is 1. The van der Waals surface area contributed by atoms with E-state index >= 15 is 0 Å². The Bertz CT molecular complexity index is 1470. The molecule has 212 valence electrons. The molecule has 0 fully saturated rings. The van der Waals surface area contributed by atoms with E-state index in [1.165, 1.54) is 24.3 Å². The quantitative estimate of drug-likeness (QED) is 0.161. The number of rotatable bonds is 8. The number of anilines is 2. The Labute approximate surface area is 232 Å². The molecular formula is C27H28N2O9S2. The number of phenols is 2. The van der Waals surface area contributed by atoms with E-state index in [0.717, 1.165) is 11.1 Å². The Morgan fingerprint density at radius 1 is 0.525 bits per heavy atom. The molecule has 0 radical (unpaired) electrons. The Kier molecular flexibility index (Phi) is 11.6. The summed E-state index contributed by atoms with van der Waals surface area (Å²) in [7, 11) is -8.32. The number of phenolic OH excluding ortho intramolecular Hbond substituents is 2. The second-order valence-electron chi connectivity index (χ2n) is 7.96. The number of carbonyl (C=O) groups excluding carboxylic acids is 1. The maximum atomic E-state index is 10.9. The molecule has 4 rings (SSSR count). The van der Waals surface area contributed by atoms with Crippen molar-refractivity contribution in [3.63, 3.8) is 0 Å². The largest absolute Gasteiger partial charge is 0.508 e. The van der Waals surface area contributed by atoms with Crippen LogP contribution in [0, 0.1) is 0 Å². The van der Waals surface area contributed by atoms with Crippen molar-refractivity contribution in [2.75, 3.05) is 10.6 Å². The van der Waals surface area contributed by atoms with Crippen molar-refractivity contribution in [1.82, 2.24) is 0 Å². The van der Waals surface area contributed by atoms with Crippen molar-refractivity contribution >= 4 is 38.4 Å². The summed E-state index contributed by atoms with van der Waals surface area (Å²) in [5, 5.41) is 25.3. The van der Waals surface area contributed by atoms with Gasteiger partial charge < -0.3 is 25.6 Å². The highest BCUT2D eigenvalue weighted by Gasteiger charge is 2.09. The number of para-hydroxylation sites is 2. The highest BCUT2D eigenvalue weighted by atomic mass is 32.2. The van der Waals surface area contributed by atoms with E-state index in [-0.39, 0.29) is 21.3 Å². The van der Waals surface area contributed by atoms with E-state index < -0.39 is 20.2 Å². The van der Waals surface area contributed by atoms with Gasteiger partial charge in [0, 0.05) is 35.6 Å². The van der Waals surface area contributed by atoms with Crippen molar-refractivity contribution in [3.05, 3.63) is 108 Å². The van der Waals surface area contributed by atoms with Gasteiger partial charge in [-0.05, 0) is 60.7 Å². The van der Waals surface area contributed by atoms with Gasteiger partial charge in [0.25, 0.3) is 20.2 Å². The predicted octanol–water partition coefficient (Wildman–Crippen LogP) is 4.32. The van der Waals surface area contributed by atoms with Gasteiger partial charge in [0.05, 0.1) is 9.79 Å². The third kappa shape index (κ3) is 10.0. The van der Waals surface area contributed by atoms with Crippen molar-refractivity contribution in [1.29, 1.82) is 0 Å². The summed E-state index contributed by atoms with van der Waals surface area (Å²) in [6.07, 6.45) is 0. The van der Waals surface area contributed by atoms with E-state index in [9.17, 15) is 27.0 Å². The fourth-order valence-electron chi connectivity index (χ4n) is 3.20. The van der Waals surface area contributed by atoms with E-state index in [2.05, 4.69) is 10.6 Å². The SMILES string of the molecule is C=O.O=S(=O)(O)c1ccc(NCc2ccccc2O)cc1.O=S(=O)(O)c1ccc(NCc2ccccc2O)cc1. The summed E-state index contributed by atoms with van der Waals surface area (Å²) in [5.41, 5.74) is 2.86. The Morgan fingerprint density at radius 2 is 0.825 bits per heavy atom. The number of aromatic hydroxyl groups is 2.